The van der Waals surface area contributed by atoms with Crippen molar-refractivity contribution in [1.82, 2.24) is 15.5 Å². The Morgan fingerprint density at radius 1 is 1.20 bits per heavy atom. The van der Waals surface area contributed by atoms with Crippen LogP contribution < -0.4 is 10.6 Å². The Kier molecular flexibility index (Phi) is 6.85. The molecule has 1 aliphatic rings. The Labute approximate surface area is 152 Å². The van der Waals surface area contributed by atoms with Crippen molar-refractivity contribution in [1.29, 1.82) is 0 Å². The number of urea groups is 1. The van der Waals surface area contributed by atoms with Crippen molar-refractivity contribution < 1.29 is 9.53 Å². The Bertz CT molecular complexity index is 564. The smallest absolute Gasteiger partial charge is 0.314 e. The van der Waals surface area contributed by atoms with Crippen molar-refractivity contribution in [2.75, 3.05) is 26.2 Å². The molecule has 1 aromatic rings. The van der Waals surface area contributed by atoms with Gasteiger partial charge in [-0.3, -0.25) is 4.90 Å². The van der Waals surface area contributed by atoms with Gasteiger partial charge in [0.05, 0.1) is 12.2 Å². The van der Waals surface area contributed by atoms with E-state index < -0.39 is 0 Å². The summed E-state index contributed by atoms with van der Waals surface area (Å²) in [5.41, 5.74) is 2.44. The summed E-state index contributed by atoms with van der Waals surface area (Å²) >= 11 is 0. The molecule has 1 aliphatic heterocycles. The van der Waals surface area contributed by atoms with Gasteiger partial charge in [0.1, 0.15) is 0 Å². The van der Waals surface area contributed by atoms with Gasteiger partial charge in [-0.25, -0.2) is 4.79 Å². The minimum absolute atomic E-state index is 0.0976. The van der Waals surface area contributed by atoms with Crippen LogP contribution in [0.4, 0.5) is 4.79 Å². The summed E-state index contributed by atoms with van der Waals surface area (Å²) in [6, 6.07) is 8.18. The van der Waals surface area contributed by atoms with E-state index in [-0.39, 0.29) is 23.8 Å². The van der Waals surface area contributed by atoms with Crippen LogP contribution in [0.1, 0.15) is 38.8 Å². The molecule has 0 aliphatic carbocycles. The van der Waals surface area contributed by atoms with Gasteiger partial charge in [-0.05, 0) is 52.2 Å². The van der Waals surface area contributed by atoms with Crippen LogP contribution in [0.2, 0.25) is 0 Å². The van der Waals surface area contributed by atoms with Crippen LogP contribution in [0.25, 0.3) is 0 Å². The topological polar surface area (TPSA) is 53.6 Å². The normalized spacial score (nSPS) is 21.8. The fraction of sp³-hybridized carbons (Fsp3) is 0.650. The van der Waals surface area contributed by atoms with Crippen molar-refractivity contribution in [2.45, 2.75) is 58.8 Å². The molecule has 2 N–H and O–H groups in total. The van der Waals surface area contributed by atoms with E-state index >= 15 is 0 Å². The molecule has 140 valence electrons. The summed E-state index contributed by atoms with van der Waals surface area (Å²) in [6.45, 7) is 13.7. The molecule has 1 aromatic carbocycles. The molecule has 0 spiro atoms. The van der Waals surface area contributed by atoms with Gasteiger partial charge >= 0.3 is 6.03 Å². The van der Waals surface area contributed by atoms with Crippen LogP contribution in [-0.4, -0.2) is 54.9 Å². The molecular weight excluding hydrogens is 314 g/mol. The van der Waals surface area contributed by atoms with Crippen LogP contribution in [0.3, 0.4) is 0 Å². The highest BCUT2D eigenvalue weighted by molar-refractivity contribution is 5.73. The van der Waals surface area contributed by atoms with Gasteiger partial charge in [-0.15, -0.1) is 0 Å². The summed E-state index contributed by atoms with van der Waals surface area (Å²) in [4.78, 5) is 14.5. The first kappa shape index (κ1) is 19.7. The number of amides is 2. The zero-order valence-corrected chi connectivity index (χ0v) is 16.3. The van der Waals surface area contributed by atoms with Crippen molar-refractivity contribution in [3.8, 4) is 0 Å². The van der Waals surface area contributed by atoms with E-state index in [4.69, 9.17) is 4.74 Å². The lowest BCUT2D eigenvalue weighted by Crippen LogP contribution is -2.59. The molecule has 0 bridgehead atoms. The van der Waals surface area contributed by atoms with E-state index in [9.17, 15) is 4.79 Å². The standard InChI is InChI=1S/C20H33N3O2/c1-15-8-6-7-9-18(15)10-11-21-19(24)22-14-20(4,5)23-12-16(2)25-17(3)13-23/h6-9,16-17H,10-14H2,1-5H3,(H2,21,22,24)/t16-,17-/m1/s1. The number of ether oxygens (including phenoxy) is 1. The lowest BCUT2D eigenvalue weighted by molar-refractivity contribution is -0.0947. The van der Waals surface area contributed by atoms with E-state index in [1.807, 2.05) is 12.1 Å². The van der Waals surface area contributed by atoms with E-state index in [1.165, 1.54) is 11.1 Å². The van der Waals surface area contributed by atoms with E-state index in [0.717, 1.165) is 19.5 Å². The molecule has 2 rings (SSSR count). The van der Waals surface area contributed by atoms with Gasteiger partial charge in [0, 0.05) is 31.7 Å². The first-order chi connectivity index (χ1) is 11.8. The number of hydrogen-bond donors (Lipinski definition) is 2. The first-order valence-corrected chi connectivity index (χ1v) is 9.24. The van der Waals surface area contributed by atoms with Gasteiger partial charge in [0.25, 0.3) is 0 Å². The van der Waals surface area contributed by atoms with Crippen molar-refractivity contribution in [3.63, 3.8) is 0 Å². The molecule has 5 heteroatoms. The molecule has 0 aromatic heterocycles. The summed E-state index contributed by atoms with van der Waals surface area (Å²) in [7, 11) is 0. The number of benzene rings is 1. The third-order valence-electron chi connectivity index (χ3n) is 4.90. The van der Waals surface area contributed by atoms with Gasteiger partial charge in [0.2, 0.25) is 0 Å². The molecule has 0 unspecified atom stereocenters. The maximum Gasteiger partial charge on any atom is 0.314 e. The molecule has 25 heavy (non-hydrogen) atoms. The number of morpholine rings is 1. The largest absolute Gasteiger partial charge is 0.373 e. The second-order valence-corrected chi connectivity index (χ2v) is 7.76. The van der Waals surface area contributed by atoms with Crippen molar-refractivity contribution in [3.05, 3.63) is 35.4 Å². The minimum atomic E-state index is -0.101. The highest BCUT2D eigenvalue weighted by Crippen LogP contribution is 2.20. The molecule has 2 amide bonds. The van der Waals surface area contributed by atoms with E-state index in [2.05, 4.69) is 62.3 Å². The summed E-state index contributed by atoms with van der Waals surface area (Å²) < 4.78 is 5.80. The van der Waals surface area contributed by atoms with Crippen LogP contribution in [0.15, 0.2) is 24.3 Å². The predicted octanol–water partition coefficient (Wildman–Crippen LogP) is 2.72. The number of nitrogens with zero attached hydrogens (tertiary/aromatic N) is 1. The van der Waals surface area contributed by atoms with Gasteiger partial charge in [-0.2, -0.15) is 0 Å². The van der Waals surface area contributed by atoms with Gasteiger partial charge in [-0.1, -0.05) is 24.3 Å². The molecular formula is C20H33N3O2. The lowest BCUT2D eigenvalue weighted by atomic mass is 10.00. The molecule has 1 saturated heterocycles. The Hall–Kier alpha value is -1.59. The monoisotopic (exact) mass is 347 g/mol. The molecule has 0 saturated carbocycles. The number of nitrogens with one attached hydrogen (secondary N) is 2. The zero-order valence-electron chi connectivity index (χ0n) is 16.3. The fourth-order valence-corrected chi connectivity index (χ4v) is 3.34. The summed E-state index contributed by atoms with van der Waals surface area (Å²) in [5.74, 6) is 0. The van der Waals surface area contributed by atoms with Crippen molar-refractivity contribution in [2.24, 2.45) is 0 Å². The van der Waals surface area contributed by atoms with Crippen LogP contribution in [0, 0.1) is 6.92 Å². The highest BCUT2D eigenvalue weighted by atomic mass is 16.5. The number of carbonyl (C=O) groups is 1. The van der Waals surface area contributed by atoms with E-state index in [0.29, 0.717) is 13.1 Å². The zero-order chi connectivity index (χ0) is 18.4. The Morgan fingerprint density at radius 2 is 1.84 bits per heavy atom. The second-order valence-electron chi connectivity index (χ2n) is 7.76. The lowest BCUT2D eigenvalue weighted by Gasteiger charge is -2.45. The summed E-state index contributed by atoms with van der Waals surface area (Å²) in [6.07, 6.45) is 1.30. The third-order valence-corrected chi connectivity index (χ3v) is 4.90. The quantitative estimate of drug-likeness (QED) is 0.832. The number of aryl methyl sites for hydroxylation is 1. The van der Waals surface area contributed by atoms with Gasteiger partial charge < -0.3 is 15.4 Å². The highest BCUT2D eigenvalue weighted by Gasteiger charge is 2.33. The number of carbonyl (C=O) groups excluding carboxylic acids is 1. The second kappa shape index (κ2) is 8.68. The Balaban J connectivity index is 1.74. The van der Waals surface area contributed by atoms with Crippen LogP contribution >= 0.6 is 0 Å². The SMILES string of the molecule is Cc1ccccc1CCNC(=O)NCC(C)(C)N1C[C@@H](C)O[C@H](C)C1. The van der Waals surface area contributed by atoms with Crippen LogP contribution in [-0.2, 0) is 11.2 Å². The predicted molar refractivity (Wildman–Crippen MR) is 102 cm³/mol. The average molecular weight is 348 g/mol. The maximum absolute atomic E-state index is 12.1. The van der Waals surface area contributed by atoms with Gasteiger partial charge in [0.15, 0.2) is 0 Å². The third kappa shape index (κ3) is 6.01. The van der Waals surface area contributed by atoms with E-state index in [1.54, 1.807) is 0 Å². The van der Waals surface area contributed by atoms with Crippen molar-refractivity contribution >= 4 is 6.03 Å². The minimum Gasteiger partial charge on any atom is -0.373 e. The first-order valence-electron chi connectivity index (χ1n) is 9.24. The number of rotatable bonds is 6. The molecule has 1 heterocycles. The summed E-state index contributed by atoms with van der Waals surface area (Å²) in [5, 5.41) is 5.98. The molecule has 5 nitrogen and oxygen atoms in total. The van der Waals surface area contributed by atoms with Crippen LogP contribution in [0.5, 0.6) is 0 Å². The molecule has 0 radical (unpaired) electrons. The maximum atomic E-state index is 12.1. The molecule has 1 fully saturated rings. The average Bonchev–Trinajstić information content (AvgIpc) is 2.54. The fourth-order valence-electron chi connectivity index (χ4n) is 3.34. The molecule has 2 atom stereocenters. The number of hydrogen-bond acceptors (Lipinski definition) is 3. The Morgan fingerprint density at radius 3 is 2.48 bits per heavy atom.